The molecule has 1 aromatic rings. The highest BCUT2D eigenvalue weighted by Crippen LogP contribution is 2.46. The van der Waals surface area contributed by atoms with Crippen molar-refractivity contribution in [2.75, 3.05) is 6.61 Å². The van der Waals surface area contributed by atoms with Crippen molar-refractivity contribution in [2.24, 2.45) is 0 Å². The molecule has 0 bridgehead atoms. The molecule has 1 aliphatic rings. The Hall–Kier alpha value is -2.11. The van der Waals surface area contributed by atoms with Crippen LogP contribution < -0.4 is 21.4 Å². The molecule has 7 atom stereocenters. The maximum Gasteiger partial charge on any atom is 0.330 e. The van der Waals surface area contributed by atoms with Gasteiger partial charge in [0.1, 0.15) is 24.3 Å². The molecule has 1 saturated heterocycles. The monoisotopic (exact) mass is 616 g/mol. The number of alkyl halides is 2. The second-order valence-corrected chi connectivity index (χ2v) is 13.1. The third-order valence-electron chi connectivity index (χ3n) is 5.56. The molecule has 1 unspecified atom stereocenters. The minimum absolute atomic E-state index is 0.484. The van der Waals surface area contributed by atoms with Crippen LogP contribution in [-0.2, 0) is 40.1 Å². The number of ether oxygens (including phenoxy) is 3. The van der Waals surface area contributed by atoms with E-state index in [4.69, 9.17) is 30.5 Å². The number of hydrogen-bond donors (Lipinski definition) is 5. The summed E-state index contributed by atoms with van der Waals surface area (Å²) in [5.41, 5.74) is -4.79. The van der Waals surface area contributed by atoms with E-state index in [-0.39, 0.29) is 0 Å². The van der Waals surface area contributed by atoms with E-state index in [1.54, 1.807) is 27.7 Å². The first kappa shape index (κ1) is 34.1. The molecule has 40 heavy (non-hydrogen) atoms. The number of nitrogens with one attached hydrogen (secondary N) is 3. The van der Waals surface area contributed by atoms with E-state index < -0.39 is 91.1 Å². The lowest BCUT2D eigenvalue weighted by atomic mass is 9.96. The van der Waals surface area contributed by atoms with Crippen LogP contribution in [0.3, 0.4) is 0 Å². The Balaban J connectivity index is 2.39. The summed E-state index contributed by atoms with van der Waals surface area (Å²) in [4.78, 5) is 50.3. The average molecular weight is 617 g/mol. The fraction of sp³-hybridized carbons (Fsp3) is 0.727. The lowest BCUT2D eigenvalue weighted by Crippen LogP contribution is -2.53. The first-order valence-corrected chi connectivity index (χ1v) is 15.0. The number of nitrogens with zero attached hydrogens (tertiary/aromatic N) is 1. The normalized spacial score (nSPS) is 26.1. The van der Waals surface area contributed by atoms with Gasteiger partial charge in [-0.15, -0.1) is 0 Å². The molecule has 0 radical (unpaired) electrons. The molecule has 228 valence electrons. The van der Waals surface area contributed by atoms with Gasteiger partial charge in [-0.25, -0.2) is 23.7 Å². The Bertz CT molecular complexity index is 1180. The molecule has 5 N–H and O–H groups in total. The predicted molar refractivity (Wildman–Crippen MR) is 140 cm³/mol. The molecule has 0 spiro atoms. The molecule has 0 aliphatic carbocycles. The Kier molecular flexibility index (Phi) is 11.7. The van der Waals surface area contributed by atoms with E-state index in [1.165, 1.54) is 13.8 Å². The summed E-state index contributed by atoms with van der Waals surface area (Å²) in [6, 6.07) is -1.38. The second kappa shape index (κ2) is 13.7. The van der Waals surface area contributed by atoms with Gasteiger partial charge < -0.3 is 28.9 Å². The van der Waals surface area contributed by atoms with Crippen molar-refractivity contribution in [1.82, 2.24) is 19.7 Å². The van der Waals surface area contributed by atoms with Crippen LogP contribution >= 0.6 is 6.57 Å². The molecule has 0 saturated carbocycles. The zero-order valence-corrected chi connectivity index (χ0v) is 24.4. The van der Waals surface area contributed by atoms with E-state index in [1.807, 2.05) is 4.98 Å². The second-order valence-electron chi connectivity index (χ2n) is 9.71. The van der Waals surface area contributed by atoms with Crippen molar-refractivity contribution >= 4 is 30.3 Å². The Labute approximate surface area is 233 Å². The number of aliphatic hydroxyl groups is 2. The van der Waals surface area contributed by atoms with E-state index in [0.717, 1.165) is 12.3 Å². The number of aliphatic hydroxyl groups excluding tert-OH is 2. The number of esters is 2. The maximum absolute atomic E-state index is 14.5. The number of carbonyl (C=O) groups excluding carboxylic acids is 2. The summed E-state index contributed by atoms with van der Waals surface area (Å²) in [5, 5.41) is 26.5. The minimum Gasteiger partial charge on any atom is -0.462 e. The summed E-state index contributed by atoms with van der Waals surface area (Å²) in [5.74, 6) is -1.50. The predicted octanol–water partition coefficient (Wildman–Crippen LogP) is -0.108. The molecule has 1 aliphatic heterocycles. The number of halogens is 2. The average Bonchev–Trinajstić information content (AvgIpc) is 3.08. The Morgan fingerprint density at radius 3 is 2.02 bits per heavy atom. The number of carbonyl (C=O) groups is 2. The van der Waals surface area contributed by atoms with Crippen molar-refractivity contribution in [3.63, 3.8) is 0 Å². The summed E-state index contributed by atoms with van der Waals surface area (Å²) in [7, 11) is 0. The van der Waals surface area contributed by atoms with Gasteiger partial charge in [-0.3, -0.25) is 23.9 Å². The van der Waals surface area contributed by atoms with E-state index in [9.17, 15) is 38.2 Å². The van der Waals surface area contributed by atoms with Crippen LogP contribution in [0.2, 0.25) is 0 Å². The van der Waals surface area contributed by atoms with E-state index >= 15 is 0 Å². The van der Waals surface area contributed by atoms with Crippen LogP contribution in [0.25, 0.3) is 0 Å². The molecular formula is C22H35F2N4O10PS. The van der Waals surface area contributed by atoms with Crippen LogP contribution in [0.1, 0.15) is 47.8 Å². The van der Waals surface area contributed by atoms with Crippen molar-refractivity contribution in [3.8, 4) is 0 Å². The number of aromatic nitrogens is 2. The Morgan fingerprint density at radius 1 is 1.10 bits per heavy atom. The highest BCUT2D eigenvalue weighted by Gasteiger charge is 2.61. The highest BCUT2D eigenvalue weighted by molar-refractivity contribution is 8.10. The van der Waals surface area contributed by atoms with Gasteiger partial charge in [-0.05, 0) is 53.3 Å². The summed E-state index contributed by atoms with van der Waals surface area (Å²) in [6.45, 7) is 4.23. The molecule has 18 heteroatoms. The summed E-state index contributed by atoms with van der Waals surface area (Å²) < 4.78 is 50.9. The molecule has 14 nitrogen and oxygen atoms in total. The summed E-state index contributed by atoms with van der Waals surface area (Å²) >= 11 is 5.53. The topological polar surface area (TPSA) is 190 Å². The standard InChI is InChI=1S/C22H35F2N4O10PS/c1-10(2)36-18(32)12(5)26-39(40,27-13(6)19(33)37-11(3)4)35-9-22(20(23)24)16(31)15(30)17(38-22)28-8-7-14(29)25-21(28)34/h7-8,10-13,15-17,20,30-31H,9H2,1-6H3,(H,25,29,34)(H2,26,27,40)/t12-,13+,15-,16+,17-,22-,39?/m0/s1. The van der Waals surface area contributed by atoms with Gasteiger partial charge in [-0.1, -0.05) is 0 Å². The smallest absolute Gasteiger partial charge is 0.330 e. The van der Waals surface area contributed by atoms with Gasteiger partial charge in [0.15, 0.2) is 18.4 Å². The molecule has 1 fully saturated rings. The molecule has 2 rings (SSSR count). The number of aromatic amines is 1. The van der Waals surface area contributed by atoms with E-state index in [0.29, 0.717) is 4.57 Å². The van der Waals surface area contributed by atoms with Gasteiger partial charge in [0.05, 0.1) is 18.8 Å². The van der Waals surface area contributed by atoms with Gasteiger partial charge in [-0.2, -0.15) is 0 Å². The molecule has 0 amide bonds. The van der Waals surface area contributed by atoms with Crippen LogP contribution in [0.15, 0.2) is 21.9 Å². The summed E-state index contributed by atoms with van der Waals surface area (Å²) in [6.07, 6.45) is -9.75. The van der Waals surface area contributed by atoms with Crippen LogP contribution in [0, 0.1) is 0 Å². The molecule has 2 heterocycles. The van der Waals surface area contributed by atoms with Crippen molar-refractivity contribution in [2.45, 2.75) is 96.3 Å². The lowest BCUT2D eigenvalue weighted by Gasteiger charge is -2.35. The first-order valence-electron chi connectivity index (χ1n) is 12.3. The van der Waals surface area contributed by atoms with Crippen molar-refractivity contribution in [3.05, 3.63) is 33.1 Å². The van der Waals surface area contributed by atoms with Crippen molar-refractivity contribution in [1.29, 1.82) is 0 Å². The first-order chi connectivity index (χ1) is 18.4. The van der Waals surface area contributed by atoms with Gasteiger partial charge >= 0.3 is 17.6 Å². The quantitative estimate of drug-likeness (QED) is 0.146. The zero-order valence-electron chi connectivity index (χ0n) is 22.7. The number of hydrogen-bond acceptors (Lipinski definition) is 11. The van der Waals surface area contributed by atoms with Gasteiger partial charge in [0.2, 0.25) is 0 Å². The van der Waals surface area contributed by atoms with Crippen LogP contribution in [-0.4, -0.2) is 86.8 Å². The van der Waals surface area contributed by atoms with Gasteiger partial charge in [0.25, 0.3) is 12.0 Å². The van der Waals surface area contributed by atoms with Gasteiger partial charge in [0, 0.05) is 12.3 Å². The maximum atomic E-state index is 14.5. The molecular weight excluding hydrogens is 581 g/mol. The SMILES string of the molecule is CC(C)OC(=O)[C@H](C)NP(=S)(N[C@H](C)C(=O)OC(C)C)OC[C@]1(C(F)F)O[C@H](n2ccc(=O)[nH]c2=O)[C@@H](O)[C@H]1O. The third-order valence-corrected chi connectivity index (χ3v) is 8.46. The lowest BCUT2D eigenvalue weighted by molar-refractivity contribution is -0.191. The fourth-order valence-electron chi connectivity index (χ4n) is 3.61. The highest BCUT2D eigenvalue weighted by atomic mass is 32.4. The number of H-pyrrole nitrogens is 1. The third kappa shape index (κ3) is 8.22. The minimum atomic E-state index is -3.81. The van der Waals surface area contributed by atoms with Crippen LogP contribution in [0.4, 0.5) is 8.78 Å². The number of rotatable bonds is 13. The zero-order chi connectivity index (χ0) is 30.6. The van der Waals surface area contributed by atoms with Crippen LogP contribution in [0.5, 0.6) is 0 Å². The molecule has 0 aromatic carbocycles. The Morgan fingerprint density at radius 2 is 1.60 bits per heavy atom. The molecule has 1 aromatic heterocycles. The fourth-order valence-corrected chi connectivity index (χ4v) is 6.55. The largest absolute Gasteiger partial charge is 0.462 e. The van der Waals surface area contributed by atoms with E-state index in [2.05, 4.69) is 10.2 Å². The van der Waals surface area contributed by atoms with Crippen molar-refractivity contribution < 1.29 is 47.3 Å².